The van der Waals surface area contributed by atoms with Crippen LogP contribution in [0.4, 0.5) is 5.69 Å². The number of anilines is 1. The minimum absolute atomic E-state index is 0.544. The van der Waals surface area contributed by atoms with Gasteiger partial charge in [0.15, 0.2) is 5.11 Å². The third-order valence-corrected chi connectivity index (χ3v) is 4.32. The topological polar surface area (TPSA) is 24.5 Å². The Hall–Kier alpha value is -1.49. The van der Waals surface area contributed by atoms with Gasteiger partial charge in [0.1, 0.15) is 5.75 Å². The Morgan fingerprint density at radius 2 is 1.83 bits per heavy atom. The lowest BCUT2D eigenvalue weighted by atomic mass is 10.2. The standard InChI is InChI=1S/C17H18Cl2N2OS/c1-3-22-14-7-5-13(6-8-14)20-17(23)21(2)11-12-4-9-15(18)16(19)10-12/h4-10H,3,11H2,1-2H3,(H,20,23). The maximum absolute atomic E-state index is 6.04. The number of rotatable bonds is 5. The van der Waals surface area contributed by atoms with Crippen LogP contribution in [0, 0.1) is 0 Å². The smallest absolute Gasteiger partial charge is 0.173 e. The van der Waals surface area contributed by atoms with Crippen molar-refractivity contribution in [2.24, 2.45) is 0 Å². The summed E-state index contributed by atoms with van der Waals surface area (Å²) in [5.41, 5.74) is 1.96. The molecule has 0 radical (unpaired) electrons. The first-order chi connectivity index (χ1) is 11.0. The number of benzene rings is 2. The van der Waals surface area contributed by atoms with Crippen molar-refractivity contribution in [1.82, 2.24) is 4.90 Å². The molecule has 0 aliphatic rings. The van der Waals surface area contributed by atoms with Crippen molar-refractivity contribution >= 4 is 46.2 Å². The van der Waals surface area contributed by atoms with E-state index in [1.807, 2.05) is 55.3 Å². The third kappa shape index (κ3) is 5.27. The van der Waals surface area contributed by atoms with Gasteiger partial charge in [0.2, 0.25) is 0 Å². The molecule has 0 aromatic heterocycles. The lowest BCUT2D eigenvalue weighted by Crippen LogP contribution is -2.30. The highest BCUT2D eigenvalue weighted by Crippen LogP contribution is 2.23. The molecule has 122 valence electrons. The molecule has 3 nitrogen and oxygen atoms in total. The van der Waals surface area contributed by atoms with E-state index >= 15 is 0 Å². The van der Waals surface area contributed by atoms with Crippen molar-refractivity contribution < 1.29 is 4.74 Å². The highest BCUT2D eigenvalue weighted by Gasteiger charge is 2.07. The van der Waals surface area contributed by atoms with Crippen molar-refractivity contribution in [2.75, 3.05) is 19.0 Å². The van der Waals surface area contributed by atoms with Gasteiger partial charge in [0.05, 0.1) is 16.7 Å². The predicted octanol–water partition coefficient (Wildman–Crippen LogP) is 5.22. The number of nitrogens with one attached hydrogen (secondary N) is 1. The zero-order valence-corrected chi connectivity index (χ0v) is 15.3. The highest BCUT2D eigenvalue weighted by molar-refractivity contribution is 7.80. The zero-order chi connectivity index (χ0) is 16.8. The molecule has 0 saturated carbocycles. The Balaban J connectivity index is 1.95. The average Bonchev–Trinajstić information content (AvgIpc) is 2.53. The number of nitrogens with zero attached hydrogens (tertiary/aromatic N) is 1. The van der Waals surface area contributed by atoms with Crippen LogP contribution in [-0.2, 0) is 6.54 Å². The summed E-state index contributed by atoms with van der Waals surface area (Å²) in [4.78, 5) is 1.94. The van der Waals surface area contributed by atoms with Crippen LogP contribution in [0.25, 0.3) is 0 Å². The van der Waals surface area contributed by atoms with Crippen LogP contribution in [-0.4, -0.2) is 23.7 Å². The summed E-state index contributed by atoms with van der Waals surface area (Å²) in [6.07, 6.45) is 0. The Labute approximate surface area is 152 Å². The van der Waals surface area contributed by atoms with Gasteiger partial charge in [-0.05, 0) is 61.1 Å². The van der Waals surface area contributed by atoms with Gasteiger partial charge in [0, 0.05) is 19.3 Å². The second kappa shape index (κ2) is 8.39. The Morgan fingerprint density at radius 3 is 2.43 bits per heavy atom. The monoisotopic (exact) mass is 368 g/mol. The van der Waals surface area contributed by atoms with E-state index in [-0.39, 0.29) is 0 Å². The first-order valence-electron chi connectivity index (χ1n) is 7.18. The average molecular weight is 369 g/mol. The Bertz CT molecular complexity index is 677. The highest BCUT2D eigenvalue weighted by atomic mass is 35.5. The molecule has 0 spiro atoms. The summed E-state index contributed by atoms with van der Waals surface area (Å²) >= 11 is 17.4. The fourth-order valence-electron chi connectivity index (χ4n) is 2.00. The molecule has 0 amide bonds. The lowest BCUT2D eigenvalue weighted by Gasteiger charge is -2.21. The molecular formula is C17H18Cl2N2OS. The van der Waals surface area contributed by atoms with Crippen LogP contribution in [0.1, 0.15) is 12.5 Å². The van der Waals surface area contributed by atoms with Gasteiger partial charge >= 0.3 is 0 Å². The fourth-order valence-corrected chi connectivity index (χ4v) is 2.51. The predicted molar refractivity (Wildman–Crippen MR) is 102 cm³/mol. The molecule has 0 heterocycles. The van der Waals surface area contributed by atoms with Gasteiger partial charge in [-0.2, -0.15) is 0 Å². The van der Waals surface area contributed by atoms with Crippen LogP contribution in [0.15, 0.2) is 42.5 Å². The molecule has 0 aliphatic carbocycles. The SMILES string of the molecule is CCOc1ccc(NC(=S)N(C)Cc2ccc(Cl)c(Cl)c2)cc1. The van der Waals surface area contributed by atoms with E-state index in [1.54, 1.807) is 6.07 Å². The maximum atomic E-state index is 6.04. The van der Waals surface area contributed by atoms with E-state index in [0.717, 1.165) is 17.0 Å². The van der Waals surface area contributed by atoms with Crippen molar-refractivity contribution in [2.45, 2.75) is 13.5 Å². The molecule has 2 rings (SSSR count). The van der Waals surface area contributed by atoms with Crippen molar-refractivity contribution in [3.05, 3.63) is 58.1 Å². The van der Waals surface area contributed by atoms with Gasteiger partial charge in [-0.15, -0.1) is 0 Å². The second-order valence-electron chi connectivity index (χ2n) is 4.99. The van der Waals surface area contributed by atoms with Gasteiger partial charge in [-0.25, -0.2) is 0 Å². The first-order valence-corrected chi connectivity index (χ1v) is 8.35. The van der Waals surface area contributed by atoms with E-state index < -0.39 is 0 Å². The number of halogens is 2. The van der Waals surface area contributed by atoms with Crippen molar-refractivity contribution in [3.63, 3.8) is 0 Å². The lowest BCUT2D eigenvalue weighted by molar-refractivity contribution is 0.340. The summed E-state index contributed by atoms with van der Waals surface area (Å²) in [6.45, 7) is 3.25. The normalized spacial score (nSPS) is 10.3. The van der Waals surface area contributed by atoms with Crippen LogP contribution in [0.5, 0.6) is 5.75 Å². The Kier molecular flexibility index (Phi) is 6.51. The third-order valence-electron chi connectivity index (χ3n) is 3.17. The summed E-state index contributed by atoms with van der Waals surface area (Å²) in [6, 6.07) is 13.3. The van der Waals surface area contributed by atoms with Gasteiger partial charge in [-0.3, -0.25) is 0 Å². The van der Waals surface area contributed by atoms with Crippen molar-refractivity contribution in [1.29, 1.82) is 0 Å². The number of ether oxygens (including phenoxy) is 1. The van der Waals surface area contributed by atoms with Crippen LogP contribution in [0.2, 0.25) is 10.0 Å². The van der Waals surface area contributed by atoms with E-state index in [0.29, 0.717) is 28.3 Å². The van der Waals surface area contributed by atoms with Gasteiger partial charge in [-0.1, -0.05) is 29.3 Å². The number of hydrogen-bond acceptors (Lipinski definition) is 2. The molecule has 0 bridgehead atoms. The molecule has 0 saturated heterocycles. The number of thiocarbonyl (C=S) groups is 1. The summed E-state index contributed by atoms with van der Waals surface area (Å²) in [7, 11) is 1.92. The Morgan fingerprint density at radius 1 is 1.13 bits per heavy atom. The molecule has 6 heteroatoms. The van der Waals surface area contributed by atoms with E-state index in [1.165, 1.54) is 0 Å². The first kappa shape index (κ1) is 17.9. The molecule has 0 aliphatic heterocycles. The second-order valence-corrected chi connectivity index (χ2v) is 6.19. The molecule has 1 N–H and O–H groups in total. The minimum atomic E-state index is 0.544. The summed E-state index contributed by atoms with van der Waals surface area (Å²) < 4.78 is 5.42. The van der Waals surface area contributed by atoms with Gasteiger partial charge < -0.3 is 15.0 Å². The molecular weight excluding hydrogens is 351 g/mol. The summed E-state index contributed by atoms with van der Waals surface area (Å²) in [5.74, 6) is 0.841. The largest absolute Gasteiger partial charge is 0.494 e. The molecule has 2 aromatic carbocycles. The zero-order valence-electron chi connectivity index (χ0n) is 13.0. The summed E-state index contributed by atoms with van der Waals surface area (Å²) in [5, 5.41) is 4.92. The van der Waals surface area contributed by atoms with Crippen LogP contribution in [0.3, 0.4) is 0 Å². The van der Waals surface area contributed by atoms with Gasteiger partial charge in [0.25, 0.3) is 0 Å². The van der Waals surface area contributed by atoms with E-state index in [4.69, 9.17) is 40.2 Å². The van der Waals surface area contributed by atoms with E-state index in [9.17, 15) is 0 Å². The molecule has 0 atom stereocenters. The molecule has 2 aromatic rings. The maximum Gasteiger partial charge on any atom is 0.173 e. The van der Waals surface area contributed by atoms with Crippen molar-refractivity contribution in [3.8, 4) is 5.75 Å². The minimum Gasteiger partial charge on any atom is -0.494 e. The van der Waals surface area contributed by atoms with E-state index in [2.05, 4.69) is 5.32 Å². The molecule has 0 unspecified atom stereocenters. The molecule has 0 fully saturated rings. The molecule has 23 heavy (non-hydrogen) atoms. The number of hydrogen-bond donors (Lipinski definition) is 1. The quantitative estimate of drug-likeness (QED) is 0.731. The fraction of sp³-hybridized carbons (Fsp3) is 0.235. The van der Waals surface area contributed by atoms with Crippen LogP contribution >= 0.6 is 35.4 Å². The van der Waals surface area contributed by atoms with Crippen LogP contribution < -0.4 is 10.1 Å².